The van der Waals surface area contributed by atoms with E-state index in [1.807, 2.05) is 6.07 Å². The van der Waals surface area contributed by atoms with Gasteiger partial charge in [0, 0.05) is 16.2 Å². The molecule has 0 fully saturated rings. The Morgan fingerprint density at radius 1 is 1.46 bits per heavy atom. The quantitative estimate of drug-likeness (QED) is 0.845. The maximum absolute atomic E-state index is 12.7. The number of nitrogens with one attached hydrogen (secondary N) is 1. The molecule has 1 rings (SSSR count). The summed E-state index contributed by atoms with van der Waals surface area (Å²) in [7, 11) is 0. The van der Waals surface area contributed by atoms with E-state index in [1.54, 1.807) is 6.07 Å². The van der Waals surface area contributed by atoms with Crippen LogP contribution in [0.3, 0.4) is 0 Å². The highest BCUT2D eigenvalue weighted by Crippen LogP contribution is 2.13. The van der Waals surface area contributed by atoms with Gasteiger partial charge in [-0.3, -0.25) is 0 Å². The van der Waals surface area contributed by atoms with Crippen LogP contribution in [0.4, 0.5) is 4.39 Å². The van der Waals surface area contributed by atoms with E-state index in [0.29, 0.717) is 6.04 Å². The molecule has 0 spiro atoms. The van der Waals surface area contributed by atoms with Gasteiger partial charge in [-0.05, 0) is 40.3 Å². The summed E-state index contributed by atoms with van der Waals surface area (Å²) in [4.78, 5) is 0. The van der Waals surface area contributed by atoms with E-state index in [-0.39, 0.29) is 5.82 Å². The summed E-state index contributed by atoms with van der Waals surface area (Å²) in [6.45, 7) is 4.99. The van der Waals surface area contributed by atoms with Gasteiger partial charge in [0.1, 0.15) is 5.82 Å². The second-order valence-corrected chi connectivity index (χ2v) is 4.43. The van der Waals surface area contributed by atoms with Crippen molar-refractivity contribution in [3.63, 3.8) is 0 Å². The molecule has 0 aliphatic rings. The van der Waals surface area contributed by atoms with Gasteiger partial charge in [0.15, 0.2) is 0 Å². The molecule has 0 saturated heterocycles. The minimum atomic E-state index is -0.169. The van der Waals surface area contributed by atoms with Crippen LogP contribution < -0.4 is 5.32 Å². The zero-order chi connectivity index (χ0) is 9.84. The molecular formula is C10H13FIN. The topological polar surface area (TPSA) is 12.0 Å². The first-order valence-electron chi connectivity index (χ1n) is 4.27. The third-order valence-corrected chi connectivity index (χ3v) is 2.72. The van der Waals surface area contributed by atoms with Gasteiger partial charge in [0.05, 0.1) is 0 Å². The highest BCUT2D eigenvalue weighted by molar-refractivity contribution is 14.1. The van der Waals surface area contributed by atoms with Crippen molar-refractivity contribution in [3.8, 4) is 0 Å². The molecular weight excluding hydrogens is 280 g/mol. The summed E-state index contributed by atoms with van der Waals surface area (Å²) < 4.78 is 13.7. The molecule has 1 aromatic rings. The van der Waals surface area contributed by atoms with Crippen molar-refractivity contribution < 1.29 is 4.39 Å². The molecule has 0 heterocycles. The molecule has 1 aromatic carbocycles. The summed E-state index contributed by atoms with van der Waals surface area (Å²) in [6, 6.07) is 5.34. The molecule has 0 amide bonds. The summed E-state index contributed by atoms with van der Waals surface area (Å²) in [5, 5.41) is 3.29. The fourth-order valence-corrected chi connectivity index (χ4v) is 1.65. The normalized spacial score (nSPS) is 10.8. The van der Waals surface area contributed by atoms with E-state index in [9.17, 15) is 4.39 Å². The van der Waals surface area contributed by atoms with Gasteiger partial charge < -0.3 is 5.32 Å². The minimum absolute atomic E-state index is 0.169. The van der Waals surface area contributed by atoms with Gasteiger partial charge in [0.25, 0.3) is 0 Å². The first kappa shape index (κ1) is 10.9. The van der Waals surface area contributed by atoms with Gasteiger partial charge in [0.2, 0.25) is 0 Å². The summed E-state index contributed by atoms with van der Waals surface area (Å²) in [5.41, 5.74) is 1.15. The lowest BCUT2D eigenvalue weighted by Crippen LogP contribution is -2.22. The first-order valence-corrected chi connectivity index (χ1v) is 5.35. The molecule has 0 aliphatic carbocycles. The van der Waals surface area contributed by atoms with Gasteiger partial charge in [-0.15, -0.1) is 0 Å². The van der Waals surface area contributed by atoms with Crippen molar-refractivity contribution in [2.45, 2.75) is 26.4 Å². The van der Waals surface area contributed by atoms with Gasteiger partial charge in [-0.25, -0.2) is 4.39 Å². The van der Waals surface area contributed by atoms with E-state index in [4.69, 9.17) is 0 Å². The van der Waals surface area contributed by atoms with E-state index in [1.165, 1.54) is 6.07 Å². The molecule has 1 N–H and O–H groups in total. The zero-order valence-electron chi connectivity index (χ0n) is 7.77. The Bertz CT molecular complexity index is 286. The average Bonchev–Trinajstić information content (AvgIpc) is 2.02. The molecule has 72 valence electrons. The predicted molar refractivity (Wildman–Crippen MR) is 61.1 cm³/mol. The standard InChI is InChI=1S/C10H13FIN/c1-7(2)13-6-8-3-4-9(11)5-10(8)12/h3-5,7,13H,6H2,1-2H3. The molecule has 0 radical (unpaired) electrons. The molecule has 0 aromatic heterocycles. The van der Waals surface area contributed by atoms with Crippen molar-refractivity contribution >= 4 is 22.6 Å². The molecule has 0 atom stereocenters. The Balaban J connectivity index is 2.67. The Kier molecular flexibility index (Phi) is 4.12. The average molecular weight is 293 g/mol. The zero-order valence-corrected chi connectivity index (χ0v) is 9.93. The predicted octanol–water partition coefficient (Wildman–Crippen LogP) is 2.93. The summed E-state index contributed by atoms with van der Waals surface area (Å²) >= 11 is 2.15. The smallest absolute Gasteiger partial charge is 0.124 e. The van der Waals surface area contributed by atoms with Crippen LogP contribution in [-0.2, 0) is 6.54 Å². The largest absolute Gasteiger partial charge is 0.310 e. The fraction of sp³-hybridized carbons (Fsp3) is 0.400. The Morgan fingerprint density at radius 2 is 2.15 bits per heavy atom. The van der Waals surface area contributed by atoms with Crippen LogP contribution in [0.15, 0.2) is 18.2 Å². The third kappa shape index (κ3) is 3.60. The SMILES string of the molecule is CC(C)NCc1ccc(F)cc1I. The first-order chi connectivity index (χ1) is 6.09. The van der Waals surface area contributed by atoms with Gasteiger partial charge >= 0.3 is 0 Å². The van der Waals surface area contributed by atoms with E-state index in [2.05, 4.69) is 41.8 Å². The molecule has 0 aliphatic heterocycles. The maximum atomic E-state index is 12.7. The van der Waals surface area contributed by atoms with Crippen LogP contribution in [0.2, 0.25) is 0 Å². The van der Waals surface area contributed by atoms with Crippen molar-refractivity contribution in [1.29, 1.82) is 0 Å². The van der Waals surface area contributed by atoms with Crippen molar-refractivity contribution in [2.24, 2.45) is 0 Å². The fourth-order valence-electron chi connectivity index (χ4n) is 0.979. The minimum Gasteiger partial charge on any atom is -0.310 e. The van der Waals surface area contributed by atoms with Crippen LogP contribution in [-0.4, -0.2) is 6.04 Å². The number of hydrogen-bond acceptors (Lipinski definition) is 1. The van der Waals surface area contributed by atoms with Gasteiger partial charge in [-0.2, -0.15) is 0 Å². The van der Waals surface area contributed by atoms with E-state index in [0.717, 1.165) is 15.7 Å². The van der Waals surface area contributed by atoms with Crippen LogP contribution in [0.1, 0.15) is 19.4 Å². The Hall–Kier alpha value is -0.160. The van der Waals surface area contributed by atoms with E-state index >= 15 is 0 Å². The number of rotatable bonds is 3. The van der Waals surface area contributed by atoms with Crippen molar-refractivity contribution in [3.05, 3.63) is 33.1 Å². The van der Waals surface area contributed by atoms with Crippen LogP contribution in [0.5, 0.6) is 0 Å². The van der Waals surface area contributed by atoms with Crippen molar-refractivity contribution in [2.75, 3.05) is 0 Å². The van der Waals surface area contributed by atoms with Crippen LogP contribution in [0, 0.1) is 9.39 Å². The summed E-state index contributed by atoms with van der Waals surface area (Å²) in [5.74, 6) is -0.169. The summed E-state index contributed by atoms with van der Waals surface area (Å²) in [6.07, 6.45) is 0. The lowest BCUT2D eigenvalue weighted by Gasteiger charge is -2.09. The molecule has 0 saturated carbocycles. The second kappa shape index (κ2) is 4.91. The monoisotopic (exact) mass is 293 g/mol. The lowest BCUT2D eigenvalue weighted by atomic mass is 10.2. The molecule has 13 heavy (non-hydrogen) atoms. The molecule has 0 bridgehead atoms. The Labute approximate surface area is 91.9 Å². The third-order valence-electron chi connectivity index (χ3n) is 1.72. The number of benzene rings is 1. The van der Waals surface area contributed by atoms with E-state index < -0.39 is 0 Å². The number of halogens is 2. The molecule has 1 nitrogen and oxygen atoms in total. The second-order valence-electron chi connectivity index (χ2n) is 3.27. The highest BCUT2D eigenvalue weighted by atomic mass is 127. The molecule has 3 heteroatoms. The van der Waals surface area contributed by atoms with Crippen LogP contribution in [0.25, 0.3) is 0 Å². The molecule has 0 unspecified atom stereocenters. The van der Waals surface area contributed by atoms with Crippen molar-refractivity contribution in [1.82, 2.24) is 5.32 Å². The van der Waals surface area contributed by atoms with Crippen LogP contribution >= 0.6 is 22.6 Å². The maximum Gasteiger partial charge on any atom is 0.124 e. The van der Waals surface area contributed by atoms with Gasteiger partial charge in [-0.1, -0.05) is 19.9 Å². The number of hydrogen-bond donors (Lipinski definition) is 1. The lowest BCUT2D eigenvalue weighted by molar-refractivity contribution is 0.584. The Morgan fingerprint density at radius 3 is 2.69 bits per heavy atom. The highest BCUT2D eigenvalue weighted by Gasteiger charge is 2.01.